The van der Waals surface area contributed by atoms with Gasteiger partial charge in [0, 0.05) is 38.8 Å². The molecule has 2 rings (SSSR count). The molecule has 1 heterocycles. The van der Waals surface area contributed by atoms with E-state index >= 15 is 0 Å². The number of alkyl halides is 2. The molecule has 0 fully saturated rings. The van der Waals surface area contributed by atoms with Crippen LogP contribution < -0.4 is 0 Å². The van der Waals surface area contributed by atoms with Crippen molar-refractivity contribution < 1.29 is 50.3 Å². The molecule has 0 aromatic heterocycles. The number of hydrogen-bond donors (Lipinski definition) is 0. The van der Waals surface area contributed by atoms with Gasteiger partial charge in [-0.05, 0) is 10.7 Å². The summed E-state index contributed by atoms with van der Waals surface area (Å²) >= 11 is 5.81. The predicted molar refractivity (Wildman–Crippen MR) is 68.8 cm³/mol. The van der Waals surface area contributed by atoms with Crippen molar-refractivity contribution in [3.63, 3.8) is 0 Å². The smallest absolute Gasteiger partial charge is 0.256 e. The molecule has 0 saturated carbocycles. The summed E-state index contributed by atoms with van der Waals surface area (Å²) in [6.45, 7) is 2.90. The van der Waals surface area contributed by atoms with E-state index in [2.05, 4.69) is 12.7 Å². The number of nitrogens with zero attached hydrogens (tertiary/aromatic N) is 1. The minimum atomic E-state index is -2.66. The molecule has 0 saturated heterocycles. The van der Waals surface area contributed by atoms with Gasteiger partial charge >= 0.3 is 0 Å². The first kappa shape index (κ1) is 18.4. The number of hydrogen-bond acceptors (Lipinski definition) is 1. The number of halogens is 5. The van der Waals surface area contributed by atoms with Crippen LogP contribution in [0.5, 0.6) is 0 Å². The molecule has 0 amide bonds. The first-order valence-corrected chi connectivity index (χ1v) is 5.97. The van der Waals surface area contributed by atoms with E-state index in [-0.39, 0.29) is 54.7 Å². The van der Waals surface area contributed by atoms with Crippen LogP contribution in [-0.4, -0.2) is 17.9 Å². The van der Waals surface area contributed by atoms with Gasteiger partial charge in [0.25, 0.3) is 6.43 Å². The van der Waals surface area contributed by atoms with Gasteiger partial charge in [-0.2, -0.15) is 23.8 Å². The maximum atomic E-state index is 13.2. The zero-order valence-corrected chi connectivity index (χ0v) is 14.3. The number of benzene rings is 1. The van der Waals surface area contributed by atoms with E-state index in [4.69, 9.17) is 11.6 Å². The second-order valence-corrected chi connectivity index (χ2v) is 4.50. The Morgan fingerprint density at radius 3 is 2.29 bits per heavy atom. The van der Waals surface area contributed by atoms with Crippen molar-refractivity contribution >= 4 is 17.3 Å². The van der Waals surface area contributed by atoms with E-state index in [1.165, 1.54) is 6.08 Å². The minimum absolute atomic E-state index is 0. The Kier molecular flexibility index (Phi) is 6.63. The first-order valence-electron chi connectivity index (χ1n) is 5.59. The fourth-order valence-corrected chi connectivity index (χ4v) is 1.98. The molecular formula is C14H9ClF4NY-. The van der Waals surface area contributed by atoms with Crippen LogP contribution in [0.2, 0.25) is 0 Å². The third kappa shape index (κ3) is 4.41. The molecule has 1 radical (unpaired) electrons. The van der Waals surface area contributed by atoms with Crippen molar-refractivity contribution in [3.05, 3.63) is 64.9 Å². The molecule has 0 N–H and O–H groups in total. The average molecular weight is 392 g/mol. The Labute approximate surface area is 149 Å². The molecule has 0 aliphatic carbocycles. The summed E-state index contributed by atoms with van der Waals surface area (Å²) in [5.41, 5.74) is 0.313. The van der Waals surface area contributed by atoms with E-state index in [1.54, 1.807) is 0 Å². The molecule has 7 heteroatoms. The monoisotopic (exact) mass is 391 g/mol. The summed E-state index contributed by atoms with van der Waals surface area (Å²) in [5, 5.41) is 0.145. The molecule has 21 heavy (non-hydrogen) atoms. The third-order valence-corrected chi connectivity index (χ3v) is 2.99. The van der Waals surface area contributed by atoms with Crippen LogP contribution >= 0.6 is 11.6 Å². The van der Waals surface area contributed by atoms with Crippen LogP contribution in [0.25, 0.3) is 5.70 Å². The van der Waals surface area contributed by atoms with Crippen molar-refractivity contribution in [2.24, 2.45) is 0 Å². The van der Waals surface area contributed by atoms with E-state index in [0.29, 0.717) is 6.07 Å². The molecule has 0 bridgehead atoms. The van der Waals surface area contributed by atoms with Gasteiger partial charge in [0.1, 0.15) is 11.6 Å². The Balaban J connectivity index is 0.00000220. The van der Waals surface area contributed by atoms with Crippen LogP contribution in [0, 0.1) is 17.7 Å². The van der Waals surface area contributed by atoms with Crippen LogP contribution in [0.15, 0.2) is 41.6 Å². The van der Waals surface area contributed by atoms with Crippen molar-refractivity contribution in [1.82, 2.24) is 4.90 Å². The molecule has 0 spiro atoms. The maximum Gasteiger partial charge on any atom is 0.256 e. The second kappa shape index (κ2) is 7.57. The summed E-state index contributed by atoms with van der Waals surface area (Å²) in [6, 6.07) is 2.76. The molecular weight excluding hydrogens is 383 g/mol. The molecule has 109 valence electrons. The van der Waals surface area contributed by atoms with Gasteiger partial charge in [0.05, 0.1) is 6.54 Å². The van der Waals surface area contributed by atoms with Crippen LogP contribution in [0.3, 0.4) is 0 Å². The summed E-state index contributed by atoms with van der Waals surface area (Å²) in [4.78, 5) is 1.08. The molecule has 0 atom stereocenters. The summed E-state index contributed by atoms with van der Waals surface area (Å²) in [6.07, 6.45) is 1.31. The number of rotatable bonds is 3. The van der Waals surface area contributed by atoms with Gasteiger partial charge in [-0.3, -0.25) is 0 Å². The van der Waals surface area contributed by atoms with Crippen LogP contribution in [0.1, 0.15) is 5.56 Å². The van der Waals surface area contributed by atoms with Gasteiger partial charge in [0.2, 0.25) is 0 Å². The second-order valence-electron chi connectivity index (χ2n) is 4.09. The maximum absolute atomic E-state index is 13.2. The largest absolute Gasteiger partial charge is 0.368 e. The van der Waals surface area contributed by atoms with Gasteiger partial charge in [-0.25, -0.2) is 17.6 Å². The molecule has 1 aliphatic rings. The normalized spacial score (nSPS) is 14.8. The molecule has 0 unspecified atom stereocenters. The first-order chi connectivity index (χ1) is 9.38. The Hall–Kier alpha value is -0.646. The van der Waals surface area contributed by atoms with E-state index < -0.39 is 24.6 Å². The van der Waals surface area contributed by atoms with Crippen molar-refractivity contribution in [1.29, 1.82) is 0 Å². The van der Waals surface area contributed by atoms with Crippen LogP contribution in [-0.2, 0) is 32.7 Å². The molecule has 1 aliphatic heterocycles. The van der Waals surface area contributed by atoms with Gasteiger partial charge in [-0.15, -0.1) is 0 Å². The molecule has 1 aromatic rings. The standard InChI is InChI=1S/C14H9ClF4N.Y/c1-8-12(15)2-3-13(20(8)7-14(18)19)9-4-10(16)6-11(17)5-9;/h2,4-6,14H,1,7H2;/q-1;. The fourth-order valence-electron chi connectivity index (χ4n) is 1.83. The van der Waals surface area contributed by atoms with Gasteiger partial charge in [-0.1, -0.05) is 30.0 Å². The van der Waals surface area contributed by atoms with E-state index in [9.17, 15) is 17.6 Å². The van der Waals surface area contributed by atoms with Crippen LogP contribution in [0.4, 0.5) is 17.6 Å². The van der Waals surface area contributed by atoms with E-state index in [0.717, 1.165) is 17.0 Å². The SMILES string of the molecule is C=C1C(Cl)=C[C-]=C(c2cc(F)cc(F)c2)N1CC(F)F.[Y]. The van der Waals surface area contributed by atoms with E-state index in [1.807, 2.05) is 0 Å². The Morgan fingerprint density at radius 1 is 1.19 bits per heavy atom. The number of allylic oxidation sites excluding steroid dienone is 3. The van der Waals surface area contributed by atoms with Gasteiger partial charge in [0.15, 0.2) is 0 Å². The Bertz CT molecular complexity index is 593. The zero-order valence-electron chi connectivity index (χ0n) is 10.7. The topological polar surface area (TPSA) is 3.24 Å². The van der Waals surface area contributed by atoms with Gasteiger partial charge < -0.3 is 4.90 Å². The summed E-state index contributed by atoms with van der Waals surface area (Å²) < 4.78 is 51.7. The zero-order chi connectivity index (χ0) is 14.9. The quantitative estimate of drug-likeness (QED) is 0.548. The molecule has 1 aromatic carbocycles. The van der Waals surface area contributed by atoms with Crippen molar-refractivity contribution in [2.75, 3.05) is 6.54 Å². The van der Waals surface area contributed by atoms with Crippen molar-refractivity contribution in [3.8, 4) is 0 Å². The minimum Gasteiger partial charge on any atom is -0.368 e. The summed E-state index contributed by atoms with van der Waals surface area (Å²) in [5.74, 6) is -1.62. The fraction of sp³-hybridized carbons (Fsp3) is 0.143. The van der Waals surface area contributed by atoms with Crippen molar-refractivity contribution in [2.45, 2.75) is 6.43 Å². The summed E-state index contributed by atoms with van der Waals surface area (Å²) in [7, 11) is 0. The predicted octanol–water partition coefficient (Wildman–Crippen LogP) is 4.32. The Morgan fingerprint density at radius 2 is 1.76 bits per heavy atom. The molecule has 1 nitrogen and oxygen atoms in total. The third-order valence-electron chi connectivity index (χ3n) is 2.66. The average Bonchev–Trinajstić information content (AvgIpc) is 2.33.